The summed E-state index contributed by atoms with van der Waals surface area (Å²) in [6.07, 6.45) is 0.269. The van der Waals surface area contributed by atoms with Crippen LogP contribution < -0.4 is 16.4 Å². The number of carbonyl (C=O) groups excluding carboxylic acids is 1. The summed E-state index contributed by atoms with van der Waals surface area (Å²) in [4.78, 5) is 25.0. The van der Waals surface area contributed by atoms with Gasteiger partial charge >= 0.3 is 11.8 Å². The van der Waals surface area contributed by atoms with Crippen LogP contribution in [-0.2, 0) is 6.42 Å². The number of rotatable bonds is 6. The van der Waals surface area contributed by atoms with Crippen LogP contribution in [0.1, 0.15) is 11.4 Å². The maximum absolute atomic E-state index is 13.8. The number of halogens is 3. The minimum absolute atomic E-state index is 0.221. The molecular weight excluding hydrogens is 575 g/mol. The van der Waals surface area contributed by atoms with Crippen LogP contribution in [0.25, 0.3) is 16.8 Å². The minimum atomic E-state index is -0.672. The molecule has 0 aliphatic rings. The summed E-state index contributed by atoms with van der Waals surface area (Å²) in [6, 6.07) is 25.7. The molecular formula is C28H19BrClFN4O3. The lowest BCUT2D eigenvalue weighted by atomic mass is 9.97. The molecule has 5 aromatic rings. The summed E-state index contributed by atoms with van der Waals surface area (Å²) in [6.45, 7) is 0. The SMILES string of the molecule is O=C(Nc1ccc(Cl)cc1)Nc1cccc(-c2ccccc2Cc2noc(=O)n2-c2ccc(F)c(Br)c2)c1. The first-order valence-corrected chi connectivity index (χ1v) is 12.6. The van der Waals surface area contributed by atoms with E-state index in [4.69, 9.17) is 16.1 Å². The second-order valence-electron chi connectivity index (χ2n) is 8.30. The molecule has 1 aromatic heterocycles. The Kier molecular flexibility index (Phi) is 7.39. The van der Waals surface area contributed by atoms with E-state index in [1.807, 2.05) is 42.5 Å². The van der Waals surface area contributed by atoms with Gasteiger partial charge in [0.15, 0.2) is 5.82 Å². The Morgan fingerprint density at radius 1 is 0.947 bits per heavy atom. The Bertz CT molecular complexity index is 1680. The van der Waals surface area contributed by atoms with E-state index < -0.39 is 17.6 Å². The van der Waals surface area contributed by atoms with Crippen LogP contribution in [0, 0.1) is 5.82 Å². The molecule has 0 unspecified atom stereocenters. The Labute approximate surface area is 230 Å². The highest BCUT2D eigenvalue weighted by molar-refractivity contribution is 9.10. The zero-order valence-electron chi connectivity index (χ0n) is 19.6. The first-order chi connectivity index (χ1) is 18.4. The van der Waals surface area contributed by atoms with Crippen LogP contribution in [0.2, 0.25) is 5.02 Å². The molecule has 5 rings (SSSR count). The molecule has 0 fully saturated rings. The van der Waals surface area contributed by atoms with Crippen molar-refractivity contribution in [1.82, 2.24) is 9.72 Å². The van der Waals surface area contributed by atoms with E-state index >= 15 is 0 Å². The number of carbonyl (C=O) groups is 1. The third-order valence-electron chi connectivity index (χ3n) is 5.73. The zero-order chi connectivity index (χ0) is 26.6. The summed E-state index contributed by atoms with van der Waals surface area (Å²) >= 11 is 9.05. The van der Waals surface area contributed by atoms with Gasteiger partial charge in [-0.3, -0.25) is 4.52 Å². The summed E-state index contributed by atoms with van der Waals surface area (Å²) in [7, 11) is 0. The molecule has 38 heavy (non-hydrogen) atoms. The maximum Gasteiger partial charge on any atom is 0.446 e. The third-order valence-corrected chi connectivity index (χ3v) is 6.59. The maximum atomic E-state index is 13.8. The summed E-state index contributed by atoms with van der Waals surface area (Å²) in [5, 5.41) is 10.2. The first kappa shape index (κ1) is 25.4. The smallest absolute Gasteiger partial charge is 0.308 e. The van der Waals surface area contributed by atoms with Crippen molar-refractivity contribution in [1.29, 1.82) is 0 Å². The number of amides is 2. The molecule has 1 heterocycles. The van der Waals surface area contributed by atoms with Crippen LogP contribution in [0.3, 0.4) is 0 Å². The standard InChI is InChI=1S/C28H19BrClFN4O3/c29-24-16-22(12-13-25(24)31)35-26(34-38-28(35)37)15-18-4-1-2-7-23(18)17-5-3-6-21(14-17)33-27(36)32-20-10-8-19(30)9-11-20/h1-14,16H,15H2,(H2,32,33,36). The van der Waals surface area contributed by atoms with Crippen molar-refractivity contribution in [2.45, 2.75) is 6.42 Å². The molecule has 2 N–H and O–H groups in total. The fraction of sp³-hybridized carbons (Fsp3) is 0.0357. The third kappa shape index (κ3) is 5.69. The molecule has 0 aliphatic heterocycles. The fourth-order valence-electron chi connectivity index (χ4n) is 3.99. The Morgan fingerprint density at radius 2 is 1.71 bits per heavy atom. The Morgan fingerprint density at radius 3 is 2.50 bits per heavy atom. The van der Waals surface area contributed by atoms with Gasteiger partial charge in [-0.1, -0.05) is 53.2 Å². The van der Waals surface area contributed by atoms with Gasteiger partial charge in [0.1, 0.15) is 5.82 Å². The van der Waals surface area contributed by atoms with Crippen molar-refractivity contribution in [3.8, 4) is 16.8 Å². The predicted molar refractivity (Wildman–Crippen MR) is 149 cm³/mol. The number of hydrogen-bond acceptors (Lipinski definition) is 4. The van der Waals surface area contributed by atoms with Gasteiger partial charge in [-0.25, -0.2) is 18.5 Å². The topological polar surface area (TPSA) is 89.2 Å². The summed E-state index contributed by atoms with van der Waals surface area (Å²) in [5.74, 6) is -0.757. The molecule has 190 valence electrons. The second kappa shape index (κ2) is 11.0. The van der Waals surface area contributed by atoms with E-state index in [0.29, 0.717) is 27.9 Å². The van der Waals surface area contributed by atoms with Crippen molar-refractivity contribution in [3.63, 3.8) is 0 Å². The molecule has 0 radical (unpaired) electrons. The van der Waals surface area contributed by atoms with Gasteiger partial charge in [-0.2, -0.15) is 0 Å². The van der Waals surface area contributed by atoms with Gasteiger partial charge in [0.2, 0.25) is 0 Å². The van der Waals surface area contributed by atoms with Gasteiger partial charge in [0.25, 0.3) is 0 Å². The molecule has 0 saturated carbocycles. The van der Waals surface area contributed by atoms with Crippen molar-refractivity contribution < 1.29 is 13.7 Å². The molecule has 7 nitrogen and oxygen atoms in total. The molecule has 0 atom stereocenters. The van der Waals surface area contributed by atoms with Crippen LogP contribution in [-0.4, -0.2) is 15.8 Å². The second-order valence-corrected chi connectivity index (χ2v) is 9.59. The summed E-state index contributed by atoms with van der Waals surface area (Å²) in [5.41, 5.74) is 4.25. The van der Waals surface area contributed by atoms with Crippen LogP contribution >= 0.6 is 27.5 Å². The molecule has 10 heteroatoms. The quantitative estimate of drug-likeness (QED) is 0.217. The highest BCUT2D eigenvalue weighted by Crippen LogP contribution is 2.28. The highest BCUT2D eigenvalue weighted by atomic mass is 79.9. The number of benzene rings is 4. The van der Waals surface area contributed by atoms with Crippen LogP contribution in [0.4, 0.5) is 20.6 Å². The average molecular weight is 594 g/mol. The number of urea groups is 1. The van der Waals surface area contributed by atoms with Gasteiger partial charge in [-0.05, 0) is 87.2 Å². The highest BCUT2D eigenvalue weighted by Gasteiger charge is 2.17. The van der Waals surface area contributed by atoms with Crippen LogP contribution in [0.15, 0.2) is 105 Å². The van der Waals surface area contributed by atoms with Crippen molar-refractivity contribution in [3.05, 3.63) is 128 Å². The van der Waals surface area contributed by atoms with E-state index in [0.717, 1.165) is 16.7 Å². The molecule has 0 saturated heterocycles. The van der Waals surface area contributed by atoms with Crippen molar-refractivity contribution in [2.24, 2.45) is 0 Å². The Hall–Kier alpha value is -4.21. The molecule has 0 spiro atoms. The largest absolute Gasteiger partial charge is 0.446 e. The van der Waals surface area contributed by atoms with E-state index in [1.165, 1.54) is 22.8 Å². The minimum Gasteiger partial charge on any atom is -0.308 e. The van der Waals surface area contributed by atoms with E-state index in [2.05, 4.69) is 31.7 Å². The lowest BCUT2D eigenvalue weighted by molar-refractivity contribution is 0.262. The monoisotopic (exact) mass is 592 g/mol. The van der Waals surface area contributed by atoms with E-state index in [1.54, 1.807) is 30.3 Å². The van der Waals surface area contributed by atoms with E-state index in [-0.39, 0.29) is 10.9 Å². The number of nitrogens with zero attached hydrogens (tertiary/aromatic N) is 2. The first-order valence-electron chi connectivity index (χ1n) is 11.4. The normalized spacial score (nSPS) is 10.8. The summed E-state index contributed by atoms with van der Waals surface area (Å²) < 4.78 is 20.2. The molecule has 0 aliphatic carbocycles. The predicted octanol–water partition coefficient (Wildman–Crippen LogP) is 7.28. The zero-order valence-corrected chi connectivity index (χ0v) is 22.0. The van der Waals surface area contributed by atoms with Crippen molar-refractivity contribution >= 4 is 44.9 Å². The number of hydrogen-bond donors (Lipinski definition) is 2. The number of aromatic nitrogens is 2. The van der Waals surface area contributed by atoms with E-state index in [9.17, 15) is 14.0 Å². The van der Waals surface area contributed by atoms with Crippen molar-refractivity contribution in [2.75, 3.05) is 10.6 Å². The van der Waals surface area contributed by atoms with Gasteiger partial charge in [-0.15, -0.1) is 0 Å². The number of nitrogens with one attached hydrogen (secondary N) is 2. The van der Waals surface area contributed by atoms with Gasteiger partial charge < -0.3 is 10.6 Å². The molecule has 2 amide bonds. The molecule has 4 aromatic carbocycles. The lowest BCUT2D eigenvalue weighted by Crippen LogP contribution is -2.19. The average Bonchev–Trinajstić information content (AvgIpc) is 3.27. The lowest BCUT2D eigenvalue weighted by Gasteiger charge is -2.12. The van der Waals surface area contributed by atoms with Gasteiger partial charge in [0, 0.05) is 22.8 Å². The fourth-order valence-corrected chi connectivity index (χ4v) is 4.48. The van der Waals surface area contributed by atoms with Crippen LogP contribution in [0.5, 0.6) is 0 Å². The molecule has 0 bridgehead atoms. The Balaban J connectivity index is 1.40. The number of anilines is 2. The van der Waals surface area contributed by atoms with Gasteiger partial charge in [0.05, 0.1) is 10.2 Å².